The van der Waals surface area contributed by atoms with Crippen molar-refractivity contribution in [3.63, 3.8) is 0 Å². The lowest BCUT2D eigenvalue weighted by Gasteiger charge is -2.16. The summed E-state index contributed by atoms with van der Waals surface area (Å²) in [5.41, 5.74) is 11.1. The number of rotatable bonds is 2. The summed E-state index contributed by atoms with van der Waals surface area (Å²) in [5, 5.41) is 0. The van der Waals surface area contributed by atoms with Crippen LogP contribution < -0.4 is 15.2 Å². The zero-order chi connectivity index (χ0) is 14.8. The Morgan fingerprint density at radius 2 is 1.52 bits per heavy atom. The number of fused-ring (bicyclic) bond motifs is 1. The smallest absolute Gasteiger partial charge is 0.161 e. The molecule has 3 rings (SSSR count). The number of nitrogens with two attached hydrogens (primary N) is 1. The first-order valence-corrected chi connectivity index (χ1v) is 7.37. The molecule has 1 atom stereocenters. The molecule has 1 unspecified atom stereocenters. The van der Waals surface area contributed by atoms with Crippen molar-refractivity contribution in [2.75, 3.05) is 13.2 Å². The Hall–Kier alpha value is -2.00. The first-order chi connectivity index (χ1) is 10.1. The van der Waals surface area contributed by atoms with Crippen molar-refractivity contribution in [3.8, 4) is 11.5 Å². The summed E-state index contributed by atoms with van der Waals surface area (Å²) in [6, 6.07) is 12.2. The van der Waals surface area contributed by atoms with Crippen LogP contribution in [0.2, 0.25) is 0 Å². The van der Waals surface area contributed by atoms with E-state index in [1.807, 2.05) is 18.2 Å². The number of hydrogen-bond donors (Lipinski definition) is 1. The monoisotopic (exact) mass is 283 g/mol. The largest absolute Gasteiger partial charge is 0.490 e. The highest BCUT2D eigenvalue weighted by atomic mass is 16.5. The van der Waals surface area contributed by atoms with Gasteiger partial charge in [-0.2, -0.15) is 0 Å². The standard InChI is InChI=1S/C18H21NO2/c1-12-4-5-14(10-13(12)2)18(19)15-6-7-16-17(11-15)21-9-3-8-20-16/h4-7,10-11,18H,3,8-9,19H2,1-2H3. The van der Waals surface area contributed by atoms with E-state index in [0.717, 1.165) is 29.0 Å². The SMILES string of the molecule is Cc1ccc(C(N)c2ccc3c(c2)OCCCO3)cc1C. The third kappa shape index (κ3) is 2.88. The van der Waals surface area contributed by atoms with Gasteiger partial charge in [-0.15, -0.1) is 0 Å². The normalized spacial score (nSPS) is 15.4. The molecular weight excluding hydrogens is 262 g/mol. The lowest BCUT2D eigenvalue weighted by atomic mass is 9.96. The molecule has 3 nitrogen and oxygen atoms in total. The van der Waals surface area contributed by atoms with Crippen LogP contribution in [-0.2, 0) is 0 Å². The van der Waals surface area contributed by atoms with Gasteiger partial charge in [0.2, 0.25) is 0 Å². The predicted octanol–water partition coefficient (Wildman–Crippen LogP) is 3.51. The average molecular weight is 283 g/mol. The average Bonchev–Trinajstić information content (AvgIpc) is 2.73. The Labute approximate surface area is 125 Å². The highest BCUT2D eigenvalue weighted by Crippen LogP contribution is 2.33. The molecule has 1 heterocycles. The van der Waals surface area contributed by atoms with Gasteiger partial charge in [0.15, 0.2) is 11.5 Å². The summed E-state index contributed by atoms with van der Waals surface area (Å²) in [6.07, 6.45) is 0.910. The maximum Gasteiger partial charge on any atom is 0.161 e. The fourth-order valence-corrected chi connectivity index (χ4v) is 2.52. The molecule has 1 aliphatic heterocycles. The Balaban J connectivity index is 1.92. The van der Waals surface area contributed by atoms with Crippen LogP contribution in [0.25, 0.3) is 0 Å². The molecule has 0 saturated heterocycles. The van der Waals surface area contributed by atoms with Gasteiger partial charge in [-0.3, -0.25) is 0 Å². The Bertz CT molecular complexity index is 652. The predicted molar refractivity (Wildman–Crippen MR) is 84.0 cm³/mol. The first-order valence-electron chi connectivity index (χ1n) is 7.37. The zero-order valence-electron chi connectivity index (χ0n) is 12.6. The lowest BCUT2D eigenvalue weighted by molar-refractivity contribution is 0.297. The fraction of sp³-hybridized carbons (Fsp3) is 0.333. The van der Waals surface area contributed by atoms with Gasteiger partial charge in [-0.05, 0) is 48.2 Å². The molecule has 110 valence electrons. The molecule has 0 spiro atoms. The second-order valence-corrected chi connectivity index (χ2v) is 5.58. The summed E-state index contributed by atoms with van der Waals surface area (Å²) in [4.78, 5) is 0. The van der Waals surface area contributed by atoms with Crippen LogP contribution in [0.4, 0.5) is 0 Å². The molecule has 1 aliphatic rings. The molecule has 2 aromatic carbocycles. The van der Waals surface area contributed by atoms with Crippen LogP contribution >= 0.6 is 0 Å². The topological polar surface area (TPSA) is 44.5 Å². The van der Waals surface area contributed by atoms with Crippen molar-refractivity contribution >= 4 is 0 Å². The lowest BCUT2D eigenvalue weighted by Crippen LogP contribution is -2.12. The Kier molecular flexibility index (Phi) is 3.84. The summed E-state index contributed by atoms with van der Waals surface area (Å²) in [6.45, 7) is 5.61. The zero-order valence-corrected chi connectivity index (χ0v) is 12.6. The molecule has 0 radical (unpaired) electrons. The van der Waals surface area contributed by atoms with E-state index in [9.17, 15) is 0 Å². The van der Waals surface area contributed by atoms with E-state index in [0.29, 0.717) is 13.2 Å². The maximum atomic E-state index is 6.41. The van der Waals surface area contributed by atoms with Crippen molar-refractivity contribution in [3.05, 3.63) is 58.7 Å². The summed E-state index contributed by atoms with van der Waals surface area (Å²) >= 11 is 0. The third-order valence-electron chi connectivity index (χ3n) is 4.02. The summed E-state index contributed by atoms with van der Waals surface area (Å²) in [5.74, 6) is 1.60. The van der Waals surface area contributed by atoms with Gasteiger partial charge < -0.3 is 15.2 Å². The van der Waals surface area contributed by atoms with Gasteiger partial charge >= 0.3 is 0 Å². The molecule has 2 N–H and O–H groups in total. The second kappa shape index (κ2) is 5.78. The molecule has 21 heavy (non-hydrogen) atoms. The minimum Gasteiger partial charge on any atom is -0.490 e. The summed E-state index contributed by atoms with van der Waals surface area (Å²) in [7, 11) is 0. The number of benzene rings is 2. The van der Waals surface area contributed by atoms with Gasteiger partial charge in [0, 0.05) is 6.42 Å². The van der Waals surface area contributed by atoms with Gasteiger partial charge in [0.25, 0.3) is 0 Å². The molecule has 2 aromatic rings. The second-order valence-electron chi connectivity index (χ2n) is 5.58. The van der Waals surface area contributed by atoms with Crippen molar-refractivity contribution in [2.45, 2.75) is 26.3 Å². The number of aryl methyl sites for hydroxylation is 2. The molecule has 0 aliphatic carbocycles. The van der Waals surface area contributed by atoms with Crippen molar-refractivity contribution < 1.29 is 9.47 Å². The van der Waals surface area contributed by atoms with Crippen molar-refractivity contribution in [1.29, 1.82) is 0 Å². The number of hydrogen-bond acceptors (Lipinski definition) is 3. The van der Waals surface area contributed by atoms with Crippen LogP contribution in [0.15, 0.2) is 36.4 Å². The highest BCUT2D eigenvalue weighted by molar-refractivity contribution is 5.46. The Morgan fingerprint density at radius 1 is 0.857 bits per heavy atom. The molecule has 0 bridgehead atoms. The van der Waals surface area contributed by atoms with Crippen LogP contribution in [0.3, 0.4) is 0 Å². The molecular formula is C18H21NO2. The Morgan fingerprint density at radius 3 is 2.29 bits per heavy atom. The molecule has 0 amide bonds. The fourth-order valence-electron chi connectivity index (χ4n) is 2.52. The van der Waals surface area contributed by atoms with Crippen LogP contribution in [0, 0.1) is 13.8 Å². The van der Waals surface area contributed by atoms with Crippen molar-refractivity contribution in [2.24, 2.45) is 5.73 Å². The van der Waals surface area contributed by atoms with Gasteiger partial charge in [0.05, 0.1) is 19.3 Å². The van der Waals surface area contributed by atoms with Gasteiger partial charge in [-0.25, -0.2) is 0 Å². The van der Waals surface area contributed by atoms with E-state index in [2.05, 4.69) is 32.0 Å². The van der Waals surface area contributed by atoms with Crippen LogP contribution in [-0.4, -0.2) is 13.2 Å². The van der Waals surface area contributed by atoms with E-state index < -0.39 is 0 Å². The minimum atomic E-state index is -0.151. The van der Waals surface area contributed by atoms with E-state index in [4.69, 9.17) is 15.2 Å². The van der Waals surface area contributed by atoms with Gasteiger partial charge in [-0.1, -0.05) is 24.3 Å². The maximum absolute atomic E-state index is 6.41. The number of ether oxygens (including phenoxy) is 2. The highest BCUT2D eigenvalue weighted by Gasteiger charge is 2.15. The van der Waals surface area contributed by atoms with E-state index in [-0.39, 0.29) is 6.04 Å². The van der Waals surface area contributed by atoms with Crippen LogP contribution in [0.5, 0.6) is 11.5 Å². The van der Waals surface area contributed by atoms with Gasteiger partial charge in [0.1, 0.15) is 0 Å². The quantitative estimate of drug-likeness (QED) is 0.917. The minimum absolute atomic E-state index is 0.151. The first kappa shape index (κ1) is 14.0. The molecule has 3 heteroatoms. The van der Waals surface area contributed by atoms with E-state index >= 15 is 0 Å². The van der Waals surface area contributed by atoms with E-state index in [1.54, 1.807) is 0 Å². The molecule has 0 fully saturated rings. The third-order valence-corrected chi connectivity index (χ3v) is 4.02. The molecule has 0 saturated carbocycles. The molecule has 0 aromatic heterocycles. The van der Waals surface area contributed by atoms with E-state index in [1.165, 1.54) is 11.1 Å². The van der Waals surface area contributed by atoms with Crippen molar-refractivity contribution in [1.82, 2.24) is 0 Å². The summed E-state index contributed by atoms with van der Waals surface area (Å²) < 4.78 is 11.4. The van der Waals surface area contributed by atoms with Crippen LogP contribution in [0.1, 0.15) is 34.7 Å².